The van der Waals surface area contributed by atoms with Crippen LogP contribution in [-0.4, -0.2) is 28.4 Å². The average Bonchev–Trinajstić information content (AvgIpc) is 2.87. The number of rotatable bonds is 4. The Bertz CT molecular complexity index is 437. The maximum atomic E-state index is 11.7. The second-order valence-corrected chi connectivity index (χ2v) is 4.33. The van der Waals surface area contributed by atoms with Crippen LogP contribution in [0.3, 0.4) is 0 Å². The summed E-state index contributed by atoms with van der Waals surface area (Å²) in [5.41, 5.74) is 0.558. The van der Waals surface area contributed by atoms with E-state index in [-0.39, 0.29) is 11.7 Å². The highest BCUT2D eigenvalue weighted by molar-refractivity contribution is 5.86. The lowest BCUT2D eigenvalue weighted by Crippen LogP contribution is -2.25. The zero-order valence-corrected chi connectivity index (χ0v) is 9.68. The number of aromatic carboxylic acids is 1. The summed E-state index contributed by atoms with van der Waals surface area (Å²) < 4.78 is 4.89. The number of carbonyl (C=O) groups excluding carboxylic acids is 1. The number of likely N-dealkylation sites (tertiary alicyclic amines) is 1. The minimum Gasteiger partial charge on any atom is -0.475 e. The van der Waals surface area contributed by atoms with Crippen molar-refractivity contribution in [3.8, 4) is 0 Å². The normalized spacial score (nSPS) is 19.9. The molecule has 1 atom stereocenters. The Balaban J connectivity index is 2.08. The number of amides is 1. The van der Waals surface area contributed by atoms with Crippen LogP contribution in [-0.2, 0) is 11.3 Å². The molecule has 5 nitrogen and oxygen atoms in total. The fourth-order valence-electron chi connectivity index (χ4n) is 2.13. The molecule has 1 amide bonds. The smallest absolute Gasteiger partial charge is 0.372 e. The third kappa shape index (κ3) is 2.33. The number of hydrogen-bond donors (Lipinski definition) is 1. The summed E-state index contributed by atoms with van der Waals surface area (Å²) in [5.74, 6) is -0.682. The van der Waals surface area contributed by atoms with Crippen LogP contribution >= 0.6 is 0 Å². The van der Waals surface area contributed by atoms with Crippen LogP contribution in [0.15, 0.2) is 16.7 Å². The van der Waals surface area contributed by atoms with Gasteiger partial charge >= 0.3 is 5.97 Å². The second kappa shape index (κ2) is 4.61. The summed E-state index contributed by atoms with van der Waals surface area (Å²) in [7, 11) is 0. The van der Waals surface area contributed by atoms with E-state index in [0.29, 0.717) is 31.0 Å². The lowest BCUT2D eigenvalue weighted by atomic mass is 10.1. The van der Waals surface area contributed by atoms with E-state index in [1.165, 1.54) is 6.26 Å². The van der Waals surface area contributed by atoms with Gasteiger partial charge in [-0.3, -0.25) is 4.79 Å². The maximum Gasteiger partial charge on any atom is 0.372 e. The summed E-state index contributed by atoms with van der Waals surface area (Å²) in [6.07, 6.45) is 2.88. The molecular weight excluding hydrogens is 222 g/mol. The Morgan fingerprint density at radius 2 is 2.41 bits per heavy atom. The molecule has 1 fully saturated rings. The highest BCUT2D eigenvalue weighted by atomic mass is 16.4. The molecule has 2 heterocycles. The molecule has 0 aromatic carbocycles. The van der Waals surface area contributed by atoms with Crippen LogP contribution in [0.1, 0.15) is 35.9 Å². The van der Waals surface area contributed by atoms with Crippen molar-refractivity contribution in [1.82, 2.24) is 4.90 Å². The molecule has 1 N–H and O–H groups in total. The Morgan fingerprint density at radius 1 is 1.65 bits per heavy atom. The van der Waals surface area contributed by atoms with Crippen molar-refractivity contribution >= 4 is 11.9 Å². The molecule has 0 radical (unpaired) electrons. The van der Waals surface area contributed by atoms with E-state index >= 15 is 0 Å². The van der Waals surface area contributed by atoms with Crippen LogP contribution in [0.4, 0.5) is 0 Å². The zero-order valence-electron chi connectivity index (χ0n) is 9.68. The van der Waals surface area contributed by atoms with Crippen LogP contribution in [0, 0.1) is 5.92 Å². The fraction of sp³-hybridized carbons (Fsp3) is 0.500. The molecule has 0 spiro atoms. The Labute approximate surface area is 99.0 Å². The molecule has 92 valence electrons. The molecule has 1 aromatic rings. The molecule has 5 heteroatoms. The molecule has 0 saturated carbocycles. The van der Waals surface area contributed by atoms with Gasteiger partial charge in [0.15, 0.2) is 0 Å². The summed E-state index contributed by atoms with van der Waals surface area (Å²) >= 11 is 0. The van der Waals surface area contributed by atoms with Gasteiger partial charge in [0.2, 0.25) is 11.7 Å². The first-order chi connectivity index (χ1) is 8.11. The number of hydrogen-bond acceptors (Lipinski definition) is 3. The van der Waals surface area contributed by atoms with Gasteiger partial charge in [0.1, 0.15) is 0 Å². The SMILES string of the molecule is CCC1CC(=O)N(Cc2ccoc2C(=O)O)C1. The first-order valence-electron chi connectivity index (χ1n) is 5.69. The zero-order chi connectivity index (χ0) is 12.4. The lowest BCUT2D eigenvalue weighted by Gasteiger charge is -2.15. The monoisotopic (exact) mass is 237 g/mol. The molecule has 1 aliphatic rings. The Morgan fingerprint density at radius 3 is 3.00 bits per heavy atom. The maximum absolute atomic E-state index is 11.7. The summed E-state index contributed by atoms with van der Waals surface area (Å²) in [6, 6.07) is 1.61. The topological polar surface area (TPSA) is 70.8 Å². The van der Waals surface area contributed by atoms with Gasteiger partial charge in [-0.2, -0.15) is 0 Å². The van der Waals surface area contributed by atoms with E-state index in [1.54, 1.807) is 11.0 Å². The fourth-order valence-corrected chi connectivity index (χ4v) is 2.13. The highest BCUT2D eigenvalue weighted by Gasteiger charge is 2.29. The van der Waals surface area contributed by atoms with Gasteiger partial charge in [0.05, 0.1) is 6.26 Å². The van der Waals surface area contributed by atoms with Gasteiger partial charge in [-0.25, -0.2) is 4.79 Å². The van der Waals surface area contributed by atoms with E-state index in [0.717, 1.165) is 6.42 Å². The summed E-state index contributed by atoms with van der Waals surface area (Å²) in [6.45, 7) is 3.09. The van der Waals surface area contributed by atoms with E-state index in [1.807, 2.05) is 0 Å². The van der Waals surface area contributed by atoms with Gasteiger partial charge in [-0.1, -0.05) is 13.3 Å². The molecule has 0 bridgehead atoms. The predicted molar refractivity (Wildman–Crippen MR) is 59.5 cm³/mol. The Kier molecular flexibility index (Phi) is 3.17. The quantitative estimate of drug-likeness (QED) is 0.865. The van der Waals surface area contributed by atoms with Crippen molar-refractivity contribution in [1.29, 1.82) is 0 Å². The van der Waals surface area contributed by atoms with Gasteiger partial charge in [0, 0.05) is 25.1 Å². The second-order valence-electron chi connectivity index (χ2n) is 4.33. The van der Waals surface area contributed by atoms with Crippen LogP contribution in [0.25, 0.3) is 0 Å². The third-order valence-electron chi connectivity index (χ3n) is 3.17. The average molecular weight is 237 g/mol. The minimum absolute atomic E-state index is 0.0715. The standard InChI is InChI=1S/C12H15NO4/c1-2-8-5-10(14)13(6-8)7-9-3-4-17-11(9)12(15)16/h3-4,8H,2,5-7H2,1H3,(H,15,16). The third-order valence-corrected chi connectivity index (χ3v) is 3.17. The van der Waals surface area contributed by atoms with Gasteiger partial charge < -0.3 is 14.4 Å². The molecule has 1 unspecified atom stereocenters. The van der Waals surface area contributed by atoms with E-state index in [2.05, 4.69) is 6.92 Å². The van der Waals surface area contributed by atoms with Gasteiger partial charge in [-0.05, 0) is 12.0 Å². The number of furan rings is 1. The van der Waals surface area contributed by atoms with Crippen molar-refractivity contribution in [2.75, 3.05) is 6.54 Å². The summed E-state index contributed by atoms with van der Waals surface area (Å²) in [4.78, 5) is 24.3. The predicted octanol–water partition coefficient (Wildman–Crippen LogP) is 1.74. The number of carboxylic acid groups (broad SMARTS) is 1. The largest absolute Gasteiger partial charge is 0.475 e. The first-order valence-corrected chi connectivity index (χ1v) is 5.69. The molecule has 1 aromatic heterocycles. The van der Waals surface area contributed by atoms with Crippen molar-refractivity contribution in [2.45, 2.75) is 26.3 Å². The molecule has 1 saturated heterocycles. The van der Waals surface area contributed by atoms with Crippen LogP contribution in [0.5, 0.6) is 0 Å². The first kappa shape index (κ1) is 11.7. The molecular formula is C12H15NO4. The molecule has 17 heavy (non-hydrogen) atoms. The van der Waals surface area contributed by atoms with Crippen molar-refractivity contribution in [3.63, 3.8) is 0 Å². The van der Waals surface area contributed by atoms with E-state index in [4.69, 9.17) is 9.52 Å². The molecule has 1 aliphatic heterocycles. The van der Waals surface area contributed by atoms with Crippen molar-refractivity contribution < 1.29 is 19.1 Å². The summed E-state index contributed by atoms with van der Waals surface area (Å²) in [5, 5.41) is 8.90. The van der Waals surface area contributed by atoms with E-state index < -0.39 is 5.97 Å². The van der Waals surface area contributed by atoms with Crippen molar-refractivity contribution in [2.24, 2.45) is 5.92 Å². The highest BCUT2D eigenvalue weighted by Crippen LogP contribution is 2.23. The minimum atomic E-state index is -1.09. The molecule has 0 aliphatic carbocycles. The van der Waals surface area contributed by atoms with Crippen LogP contribution in [0.2, 0.25) is 0 Å². The lowest BCUT2D eigenvalue weighted by molar-refractivity contribution is -0.128. The number of carboxylic acids is 1. The van der Waals surface area contributed by atoms with Gasteiger partial charge in [0.25, 0.3) is 0 Å². The number of carbonyl (C=O) groups is 2. The Hall–Kier alpha value is -1.78. The van der Waals surface area contributed by atoms with E-state index in [9.17, 15) is 9.59 Å². The number of nitrogens with zero attached hydrogens (tertiary/aromatic N) is 1. The van der Waals surface area contributed by atoms with Gasteiger partial charge in [-0.15, -0.1) is 0 Å². The molecule has 2 rings (SSSR count). The van der Waals surface area contributed by atoms with Crippen molar-refractivity contribution in [3.05, 3.63) is 23.7 Å². The van der Waals surface area contributed by atoms with Crippen LogP contribution < -0.4 is 0 Å².